The molecule has 0 atom stereocenters. The first kappa shape index (κ1) is 19.4. The maximum absolute atomic E-state index is 12.6. The van der Waals surface area contributed by atoms with Crippen LogP contribution in [-0.2, 0) is 21.4 Å². The summed E-state index contributed by atoms with van der Waals surface area (Å²) in [6.07, 6.45) is 1.41. The van der Waals surface area contributed by atoms with Gasteiger partial charge >= 0.3 is 0 Å². The van der Waals surface area contributed by atoms with Gasteiger partial charge in [-0.15, -0.1) is 0 Å². The molecular formula is C16H19BrN4O3S. The molecule has 7 nitrogen and oxygen atoms in total. The zero-order chi connectivity index (χ0) is 18.6. The van der Waals surface area contributed by atoms with Crippen LogP contribution in [-0.4, -0.2) is 49.2 Å². The second-order valence-electron chi connectivity index (χ2n) is 5.53. The molecule has 134 valence electrons. The standard InChI is InChI=1S/C16H19BrN4O3S/c1-20(10-12-6-4-3-5-7-12)15(22)11-21(2)25(23,24)14-8-13(17)9-19-16(14)18/h3-9H,10-11H2,1-2H3,(H2,18,19). The molecule has 1 aromatic heterocycles. The molecule has 2 N–H and O–H groups in total. The number of amides is 1. The van der Waals surface area contributed by atoms with Crippen molar-refractivity contribution in [3.05, 3.63) is 52.6 Å². The van der Waals surface area contributed by atoms with E-state index in [0.717, 1.165) is 9.87 Å². The van der Waals surface area contributed by atoms with Crippen LogP contribution in [0.4, 0.5) is 5.82 Å². The van der Waals surface area contributed by atoms with Crippen molar-refractivity contribution in [2.24, 2.45) is 0 Å². The fraction of sp³-hybridized carbons (Fsp3) is 0.250. The molecular weight excluding hydrogens is 408 g/mol. The van der Waals surface area contributed by atoms with Crippen molar-refractivity contribution in [1.29, 1.82) is 0 Å². The van der Waals surface area contributed by atoms with Crippen LogP contribution in [0, 0.1) is 0 Å². The number of carbonyl (C=O) groups is 1. The highest BCUT2D eigenvalue weighted by Gasteiger charge is 2.27. The molecule has 1 aromatic carbocycles. The van der Waals surface area contributed by atoms with Crippen LogP contribution < -0.4 is 5.73 Å². The molecule has 0 unspecified atom stereocenters. The van der Waals surface area contributed by atoms with Gasteiger partial charge < -0.3 is 10.6 Å². The van der Waals surface area contributed by atoms with Gasteiger partial charge in [-0.1, -0.05) is 30.3 Å². The van der Waals surface area contributed by atoms with Crippen LogP contribution in [0.5, 0.6) is 0 Å². The van der Waals surface area contributed by atoms with E-state index in [0.29, 0.717) is 11.0 Å². The third-order valence-electron chi connectivity index (χ3n) is 3.58. The summed E-state index contributed by atoms with van der Waals surface area (Å²) in [7, 11) is -0.958. The van der Waals surface area contributed by atoms with Crippen LogP contribution >= 0.6 is 15.9 Å². The van der Waals surface area contributed by atoms with Crippen molar-refractivity contribution in [2.75, 3.05) is 26.4 Å². The Morgan fingerprint density at radius 1 is 1.24 bits per heavy atom. The number of likely N-dealkylation sites (N-methyl/N-ethyl adjacent to an activating group) is 2. The highest BCUT2D eigenvalue weighted by Crippen LogP contribution is 2.23. The summed E-state index contributed by atoms with van der Waals surface area (Å²) < 4.78 is 26.7. The molecule has 1 heterocycles. The van der Waals surface area contributed by atoms with Gasteiger partial charge in [-0.25, -0.2) is 13.4 Å². The molecule has 2 rings (SSSR count). The third-order valence-corrected chi connectivity index (χ3v) is 5.85. The maximum Gasteiger partial charge on any atom is 0.246 e. The number of aromatic nitrogens is 1. The highest BCUT2D eigenvalue weighted by molar-refractivity contribution is 9.10. The number of benzene rings is 1. The Kier molecular flexibility index (Phi) is 6.15. The lowest BCUT2D eigenvalue weighted by molar-refractivity contribution is -0.130. The molecule has 0 radical (unpaired) electrons. The topological polar surface area (TPSA) is 96.6 Å². The molecule has 0 aliphatic heterocycles. The van der Waals surface area contributed by atoms with E-state index in [1.54, 1.807) is 7.05 Å². The second kappa shape index (κ2) is 7.94. The molecule has 0 spiro atoms. The van der Waals surface area contributed by atoms with E-state index >= 15 is 0 Å². The van der Waals surface area contributed by atoms with Crippen molar-refractivity contribution in [3.63, 3.8) is 0 Å². The lowest BCUT2D eigenvalue weighted by Gasteiger charge is -2.22. The molecule has 0 saturated carbocycles. The Morgan fingerprint density at radius 3 is 2.52 bits per heavy atom. The fourth-order valence-electron chi connectivity index (χ4n) is 2.15. The average molecular weight is 427 g/mol. The largest absolute Gasteiger partial charge is 0.383 e. The van der Waals surface area contributed by atoms with Crippen molar-refractivity contribution >= 4 is 37.7 Å². The number of carbonyl (C=O) groups excluding carboxylic acids is 1. The molecule has 0 bridgehead atoms. The highest BCUT2D eigenvalue weighted by atomic mass is 79.9. The fourth-order valence-corrected chi connectivity index (χ4v) is 3.84. The van der Waals surface area contributed by atoms with Gasteiger partial charge in [0.2, 0.25) is 15.9 Å². The summed E-state index contributed by atoms with van der Waals surface area (Å²) in [6, 6.07) is 10.8. The number of pyridine rings is 1. The van der Waals surface area contributed by atoms with E-state index in [4.69, 9.17) is 5.73 Å². The van der Waals surface area contributed by atoms with Crippen LogP contribution in [0.1, 0.15) is 5.56 Å². The first-order valence-corrected chi connectivity index (χ1v) is 9.60. The monoisotopic (exact) mass is 426 g/mol. The smallest absolute Gasteiger partial charge is 0.246 e. The average Bonchev–Trinajstić information content (AvgIpc) is 2.57. The molecule has 1 amide bonds. The van der Waals surface area contributed by atoms with E-state index in [2.05, 4.69) is 20.9 Å². The summed E-state index contributed by atoms with van der Waals surface area (Å²) in [5.74, 6) is -0.434. The minimum absolute atomic E-state index is 0.111. The van der Waals surface area contributed by atoms with E-state index in [9.17, 15) is 13.2 Å². The Balaban J connectivity index is 2.10. The Morgan fingerprint density at radius 2 is 1.88 bits per heavy atom. The number of halogens is 1. The molecule has 0 saturated heterocycles. The lowest BCUT2D eigenvalue weighted by Crippen LogP contribution is -2.39. The number of rotatable bonds is 6. The SMILES string of the molecule is CN(Cc1ccccc1)C(=O)CN(C)S(=O)(=O)c1cc(Br)cnc1N. The van der Waals surface area contributed by atoms with Gasteiger partial charge in [0.25, 0.3) is 0 Å². The predicted octanol–water partition coefficient (Wildman–Crippen LogP) is 1.71. The first-order chi connectivity index (χ1) is 11.7. The van der Waals surface area contributed by atoms with E-state index < -0.39 is 10.0 Å². The zero-order valence-electron chi connectivity index (χ0n) is 13.9. The normalized spacial score (nSPS) is 11.5. The van der Waals surface area contributed by atoms with E-state index in [1.807, 2.05) is 30.3 Å². The molecule has 25 heavy (non-hydrogen) atoms. The number of nitrogens with zero attached hydrogens (tertiary/aromatic N) is 3. The first-order valence-electron chi connectivity index (χ1n) is 7.37. The second-order valence-corrected chi connectivity index (χ2v) is 8.46. The van der Waals surface area contributed by atoms with Crippen molar-refractivity contribution in [2.45, 2.75) is 11.4 Å². The van der Waals surface area contributed by atoms with Crippen LogP contribution in [0.3, 0.4) is 0 Å². The summed E-state index contributed by atoms with van der Waals surface area (Å²) in [5.41, 5.74) is 6.64. The molecule has 0 fully saturated rings. The van der Waals surface area contributed by atoms with Crippen molar-refractivity contribution in [1.82, 2.24) is 14.2 Å². The van der Waals surface area contributed by atoms with Gasteiger partial charge in [0, 0.05) is 31.3 Å². The summed E-state index contributed by atoms with van der Waals surface area (Å²) >= 11 is 3.17. The van der Waals surface area contributed by atoms with Gasteiger partial charge in [-0.05, 0) is 27.6 Å². The minimum Gasteiger partial charge on any atom is -0.383 e. The zero-order valence-corrected chi connectivity index (χ0v) is 16.3. The number of nitrogens with two attached hydrogens (primary N) is 1. The maximum atomic E-state index is 12.6. The Labute approximate surface area is 155 Å². The number of hydrogen-bond donors (Lipinski definition) is 1. The molecule has 9 heteroatoms. The van der Waals surface area contributed by atoms with E-state index in [1.165, 1.54) is 24.2 Å². The van der Waals surface area contributed by atoms with Crippen LogP contribution in [0.15, 0.2) is 52.0 Å². The molecule has 2 aromatic rings. The quantitative estimate of drug-likeness (QED) is 0.757. The van der Waals surface area contributed by atoms with Crippen LogP contribution in [0.2, 0.25) is 0 Å². The van der Waals surface area contributed by atoms with Crippen molar-refractivity contribution in [3.8, 4) is 0 Å². The number of anilines is 1. The van der Waals surface area contributed by atoms with E-state index in [-0.39, 0.29) is 23.2 Å². The summed E-state index contributed by atoms with van der Waals surface area (Å²) in [5, 5.41) is 0. The van der Waals surface area contributed by atoms with Crippen molar-refractivity contribution < 1.29 is 13.2 Å². The Hall–Kier alpha value is -1.97. The molecule has 0 aliphatic carbocycles. The van der Waals surface area contributed by atoms with Gasteiger partial charge in [-0.3, -0.25) is 4.79 Å². The van der Waals surface area contributed by atoms with Gasteiger partial charge in [-0.2, -0.15) is 4.31 Å². The number of hydrogen-bond acceptors (Lipinski definition) is 5. The van der Waals surface area contributed by atoms with Gasteiger partial charge in [0.15, 0.2) is 0 Å². The predicted molar refractivity (Wildman–Crippen MR) is 99.1 cm³/mol. The lowest BCUT2D eigenvalue weighted by atomic mass is 10.2. The van der Waals surface area contributed by atoms with Crippen LogP contribution in [0.25, 0.3) is 0 Å². The summed E-state index contributed by atoms with van der Waals surface area (Å²) in [4.78, 5) is 17.5. The number of nitrogen functional groups attached to an aromatic ring is 1. The number of sulfonamides is 1. The minimum atomic E-state index is -3.93. The summed E-state index contributed by atoms with van der Waals surface area (Å²) in [6.45, 7) is 0.103. The van der Waals surface area contributed by atoms with Gasteiger partial charge in [0.05, 0.1) is 6.54 Å². The third kappa shape index (κ3) is 4.77. The Bertz CT molecular complexity index is 859. The molecule has 0 aliphatic rings. The van der Waals surface area contributed by atoms with Gasteiger partial charge in [0.1, 0.15) is 10.7 Å².